The van der Waals surface area contributed by atoms with E-state index in [2.05, 4.69) is 31.9 Å². The first-order valence-electron chi connectivity index (χ1n) is 4.35. The zero-order valence-corrected chi connectivity index (χ0v) is 10.9. The van der Waals surface area contributed by atoms with E-state index in [4.69, 9.17) is 9.47 Å². The zero-order chi connectivity index (χ0) is 10.2. The topological polar surface area (TPSA) is 18.5 Å². The van der Waals surface area contributed by atoms with Crippen LogP contribution >= 0.6 is 31.9 Å². The fourth-order valence-electron chi connectivity index (χ4n) is 1.52. The Hall–Kier alpha value is 0.1000. The van der Waals surface area contributed by atoms with E-state index in [0.717, 1.165) is 14.5 Å². The molecule has 1 fully saturated rings. The molecule has 1 aliphatic rings. The van der Waals surface area contributed by atoms with Gasteiger partial charge >= 0.3 is 0 Å². The van der Waals surface area contributed by atoms with Gasteiger partial charge in [0.15, 0.2) is 5.79 Å². The first kappa shape index (κ1) is 10.6. The summed E-state index contributed by atoms with van der Waals surface area (Å²) in [5.74, 6) is -0.609. The van der Waals surface area contributed by atoms with Crippen molar-refractivity contribution in [2.24, 2.45) is 0 Å². The van der Waals surface area contributed by atoms with Crippen LogP contribution in [0.5, 0.6) is 0 Å². The number of hydrogen-bond donors (Lipinski definition) is 0. The van der Waals surface area contributed by atoms with Crippen LogP contribution in [0.4, 0.5) is 0 Å². The third-order valence-electron chi connectivity index (χ3n) is 2.26. The molecule has 0 radical (unpaired) electrons. The summed E-state index contributed by atoms with van der Waals surface area (Å²) < 4.78 is 13.2. The largest absolute Gasteiger partial charge is 0.344 e. The Morgan fingerprint density at radius 1 is 1.21 bits per heavy atom. The number of ether oxygens (including phenoxy) is 2. The van der Waals surface area contributed by atoms with Gasteiger partial charge in [-0.05, 0) is 25.1 Å². The van der Waals surface area contributed by atoms with Gasteiger partial charge in [-0.3, -0.25) is 0 Å². The lowest BCUT2D eigenvalue weighted by Gasteiger charge is -2.24. The van der Waals surface area contributed by atoms with Crippen LogP contribution in [0.1, 0.15) is 12.5 Å². The van der Waals surface area contributed by atoms with Crippen molar-refractivity contribution >= 4 is 31.9 Å². The molecule has 4 heteroatoms. The number of halogens is 2. The van der Waals surface area contributed by atoms with Crippen molar-refractivity contribution in [1.82, 2.24) is 0 Å². The summed E-state index contributed by atoms with van der Waals surface area (Å²) in [6.07, 6.45) is 0. The van der Waals surface area contributed by atoms with E-state index >= 15 is 0 Å². The summed E-state index contributed by atoms with van der Waals surface area (Å²) in [4.78, 5) is 0. The van der Waals surface area contributed by atoms with Gasteiger partial charge in [0.1, 0.15) is 0 Å². The van der Waals surface area contributed by atoms with Gasteiger partial charge < -0.3 is 9.47 Å². The minimum atomic E-state index is -0.609. The summed E-state index contributed by atoms with van der Waals surface area (Å²) in [5.41, 5.74) is 1.02. The molecule has 1 aliphatic heterocycles. The van der Waals surface area contributed by atoms with E-state index in [-0.39, 0.29) is 0 Å². The highest BCUT2D eigenvalue weighted by atomic mass is 79.9. The molecule has 0 amide bonds. The Morgan fingerprint density at radius 2 is 1.86 bits per heavy atom. The molecule has 0 N–H and O–H groups in total. The molecule has 1 aromatic rings. The average Bonchev–Trinajstić information content (AvgIpc) is 2.58. The molecule has 0 aromatic heterocycles. The normalized spacial score (nSPS) is 19.9. The summed E-state index contributed by atoms with van der Waals surface area (Å²) in [6, 6.07) is 5.97. The van der Waals surface area contributed by atoms with Gasteiger partial charge in [-0.1, -0.05) is 31.9 Å². The highest BCUT2D eigenvalue weighted by Gasteiger charge is 2.34. The second-order valence-corrected chi connectivity index (χ2v) is 5.04. The predicted octanol–water partition coefficient (Wildman–Crippen LogP) is 3.43. The van der Waals surface area contributed by atoms with Crippen LogP contribution in [0.15, 0.2) is 27.1 Å². The summed E-state index contributed by atoms with van der Waals surface area (Å²) in [6.45, 7) is 3.23. The van der Waals surface area contributed by atoms with Gasteiger partial charge in [0.05, 0.1) is 13.2 Å². The van der Waals surface area contributed by atoms with Gasteiger partial charge in [0.2, 0.25) is 0 Å². The van der Waals surface area contributed by atoms with Crippen molar-refractivity contribution in [3.05, 3.63) is 32.7 Å². The van der Waals surface area contributed by atoms with E-state index in [9.17, 15) is 0 Å². The standard InChI is InChI=1S/C10H10Br2O2/c1-10(13-4-5-14-10)8-6-7(11)2-3-9(8)12/h2-3,6H,4-5H2,1H3. The fraction of sp³-hybridized carbons (Fsp3) is 0.400. The monoisotopic (exact) mass is 320 g/mol. The van der Waals surface area contributed by atoms with Gasteiger partial charge in [-0.15, -0.1) is 0 Å². The van der Waals surface area contributed by atoms with Crippen LogP contribution in [0.25, 0.3) is 0 Å². The van der Waals surface area contributed by atoms with Gasteiger partial charge in [-0.2, -0.15) is 0 Å². The van der Waals surface area contributed by atoms with Crippen LogP contribution in [0.3, 0.4) is 0 Å². The van der Waals surface area contributed by atoms with Crippen LogP contribution in [-0.2, 0) is 15.3 Å². The molecule has 0 spiro atoms. The second kappa shape index (κ2) is 3.93. The maximum absolute atomic E-state index is 5.59. The van der Waals surface area contributed by atoms with Crippen molar-refractivity contribution in [3.63, 3.8) is 0 Å². The van der Waals surface area contributed by atoms with Crippen molar-refractivity contribution in [2.45, 2.75) is 12.7 Å². The van der Waals surface area contributed by atoms with Gasteiger partial charge in [0.25, 0.3) is 0 Å². The Bertz CT molecular complexity index is 346. The quantitative estimate of drug-likeness (QED) is 0.789. The Balaban J connectivity index is 2.44. The highest BCUT2D eigenvalue weighted by Crippen LogP contribution is 2.36. The minimum absolute atomic E-state index is 0.609. The lowest BCUT2D eigenvalue weighted by Crippen LogP contribution is -2.22. The van der Waals surface area contributed by atoms with E-state index in [1.165, 1.54) is 0 Å². The van der Waals surface area contributed by atoms with Crippen LogP contribution in [0.2, 0.25) is 0 Å². The molecular formula is C10H10Br2O2. The van der Waals surface area contributed by atoms with Crippen molar-refractivity contribution < 1.29 is 9.47 Å². The highest BCUT2D eigenvalue weighted by molar-refractivity contribution is 9.11. The molecule has 76 valence electrons. The van der Waals surface area contributed by atoms with E-state index in [1.807, 2.05) is 25.1 Å². The van der Waals surface area contributed by atoms with E-state index < -0.39 is 5.79 Å². The van der Waals surface area contributed by atoms with E-state index in [1.54, 1.807) is 0 Å². The minimum Gasteiger partial charge on any atom is -0.344 e. The maximum Gasteiger partial charge on any atom is 0.193 e. The van der Waals surface area contributed by atoms with Gasteiger partial charge in [0, 0.05) is 14.5 Å². The van der Waals surface area contributed by atoms with Crippen LogP contribution in [-0.4, -0.2) is 13.2 Å². The third-order valence-corrected chi connectivity index (χ3v) is 3.44. The van der Waals surface area contributed by atoms with Gasteiger partial charge in [-0.25, -0.2) is 0 Å². The molecule has 0 atom stereocenters. The Labute approximate surface area is 99.8 Å². The molecule has 2 rings (SSSR count). The predicted molar refractivity (Wildman–Crippen MR) is 61.1 cm³/mol. The first-order valence-corrected chi connectivity index (χ1v) is 5.94. The van der Waals surface area contributed by atoms with E-state index in [0.29, 0.717) is 13.2 Å². The lowest BCUT2D eigenvalue weighted by atomic mass is 10.1. The summed E-state index contributed by atoms with van der Waals surface area (Å²) in [7, 11) is 0. The van der Waals surface area contributed by atoms with Crippen LogP contribution in [0, 0.1) is 0 Å². The number of rotatable bonds is 1. The molecule has 0 unspecified atom stereocenters. The molecule has 1 heterocycles. The molecule has 1 aromatic carbocycles. The molecule has 0 saturated carbocycles. The second-order valence-electron chi connectivity index (χ2n) is 3.27. The van der Waals surface area contributed by atoms with Crippen LogP contribution < -0.4 is 0 Å². The lowest BCUT2D eigenvalue weighted by molar-refractivity contribution is -0.150. The maximum atomic E-state index is 5.59. The summed E-state index contributed by atoms with van der Waals surface area (Å²) in [5, 5.41) is 0. The average molecular weight is 322 g/mol. The summed E-state index contributed by atoms with van der Waals surface area (Å²) >= 11 is 6.93. The molecule has 0 aliphatic carbocycles. The Morgan fingerprint density at radius 3 is 2.50 bits per heavy atom. The zero-order valence-electron chi connectivity index (χ0n) is 7.72. The van der Waals surface area contributed by atoms with Crippen molar-refractivity contribution in [1.29, 1.82) is 0 Å². The molecule has 1 saturated heterocycles. The number of benzene rings is 1. The van der Waals surface area contributed by atoms with Crippen molar-refractivity contribution in [2.75, 3.05) is 13.2 Å². The molecular weight excluding hydrogens is 312 g/mol. The molecule has 0 bridgehead atoms. The van der Waals surface area contributed by atoms with Crippen molar-refractivity contribution in [3.8, 4) is 0 Å². The Kier molecular flexibility index (Phi) is 2.98. The molecule has 2 nitrogen and oxygen atoms in total. The number of hydrogen-bond acceptors (Lipinski definition) is 2. The SMILES string of the molecule is CC1(c2cc(Br)ccc2Br)OCCO1. The fourth-order valence-corrected chi connectivity index (χ4v) is 2.48. The third kappa shape index (κ3) is 1.89. The molecule has 14 heavy (non-hydrogen) atoms. The first-order chi connectivity index (χ1) is 6.62. The smallest absolute Gasteiger partial charge is 0.193 e.